The number of unbranched alkanes of at least 4 members (excludes halogenated alkanes) is 6. The molecule has 3 nitrogen and oxygen atoms in total. The summed E-state index contributed by atoms with van der Waals surface area (Å²) < 4.78 is 0. The van der Waals surface area contributed by atoms with Gasteiger partial charge in [0.25, 0.3) is 0 Å². The van der Waals surface area contributed by atoms with Crippen molar-refractivity contribution in [2.45, 2.75) is 51.9 Å². The highest BCUT2D eigenvalue weighted by molar-refractivity contribution is 5.73. The Balaban J connectivity index is 2.29. The van der Waals surface area contributed by atoms with Crippen molar-refractivity contribution >= 4 is 11.7 Å². The van der Waals surface area contributed by atoms with E-state index in [1.54, 1.807) is 0 Å². The van der Waals surface area contributed by atoms with Crippen LogP contribution in [-0.4, -0.2) is 24.2 Å². The van der Waals surface area contributed by atoms with Crippen LogP contribution >= 0.6 is 0 Å². The molecule has 0 fully saturated rings. The first-order chi connectivity index (χ1) is 9.74. The Morgan fingerprint density at radius 1 is 1.00 bits per heavy atom. The van der Waals surface area contributed by atoms with Crippen LogP contribution in [0.25, 0.3) is 0 Å². The fraction of sp³-hybridized carbons (Fsp3) is 0.588. The smallest absolute Gasteiger partial charge is 0.323 e. The molecule has 20 heavy (non-hydrogen) atoms. The molecule has 0 radical (unpaired) electrons. The van der Waals surface area contributed by atoms with Gasteiger partial charge in [0, 0.05) is 12.2 Å². The molecule has 0 saturated carbocycles. The van der Waals surface area contributed by atoms with Crippen molar-refractivity contribution in [3.05, 3.63) is 30.3 Å². The van der Waals surface area contributed by atoms with Gasteiger partial charge in [-0.05, 0) is 18.6 Å². The van der Waals surface area contributed by atoms with E-state index in [-0.39, 0.29) is 6.54 Å². The number of carboxylic acids is 1. The summed E-state index contributed by atoms with van der Waals surface area (Å²) in [5, 5.41) is 9.00. The molecule has 0 unspecified atom stereocenters. The summed E-state index contributed by atoms with van der Waals surface area (Å²) in [6, 6.07) is 9.81. The van der Waals surface area contributed by atoms with Crippen molar-refractivity contribution in [3.63, 3.8) is 0 Å². The Morgan fingerprint density at radius 2 is 1.60 bits per heavy atom. The maximum absolute atomic E-state index is 10.9. The van der Waals surface area contributed by atoms with Crippen LogP contribution in [0.1, 0.15) is 51.9 Å². The predicted octanol–water partition coefficient (Wildman–Crippen LogP) is 4.33. The Kier molecular flexibility index (Phi) is 8.52. The molecule has 1 rings (SSSR count). The number of hydrogen-bond acceptors (Lipinski definition) is 2. The number of para-hydroxylation sites is 1. The van der Waals surface area contributed by atoms with Crippen LogP contribution in [-0.2, 0) is 4.79 Å². The number of benzene rings is 1. The molecule has 0 heterocycles. The minimum atomic E-state index is -0.767. The first kappa shape index (κ1) is 16.5. The highest BCUT2D eigenvalue weighted by Gasteiger charge is 2.09. The molecule has 1 aromatic rings. The Morgan fingerprint density at radius 3 is 2.20 bits per heavy atom. The highest BCUT2D eigenvalue weighted by Crippen LogP contribution is 2.15. The number of carbonyl (C=O) groups is 1. The van der Waals surface area contributed by atoms with Crippen LogP contribution < -0.4 is 4.90 Å². The maximum Gasteiger partial charge on any atom is 0.323 e. The van der Waals surface area contributed by atoms with Crippen LogP contribution in [0.3, 0.4) is 0 Å². The number of anilines is 1. The third-order valence-electron chi connectivity index (χ3n) is 3.48. The molecule has 0 saturated heterocycles. The van der Waals surface area contributed by atoms with Crippen molar-refractivity contribution in [3.8, 4) is 0 Å². The van der Waals surface area contributed by atoms with Crippen molar-refractivity contribution in [1.29, 1.82) is 0 Å². The van der Waals surface area contributed by atoms with Gasteiger partial charge in [0.2, 0.25) is 0 Å². The van der Waals surface area contributed by atoms with Crippen LogP contribution in [0.2, 0.25) is 0 Å². The Bertz CT molecular complexity index is 365. The van der Waals surface area contributed by atoms with E-state index in [4.69, 9.17) is 5.11 Å². The molecule has 0 spiro atoms. The fourth-order valence-corrected chi connectivity index (χ4v) is 2.36. The zero-order valence-corrected chi connectivity index (χ0v) is 12.6. The summed E-state index contributed by atoms with van der Waals surface area (Å²) in [5.41, 5.74) is 1.00. The van der Waals surface area contributed by atoms with E-state index in [1.807, 2.05) is 35.2 Å². The molecule has 112 valence electrons. The van der Waals surface area contributed by atoms with E-state index < -0.39 is 5.97 Å². The molecule has 0 atom stereocenters. The van der Waals surface area contributed by atoms with Gasteiger partial charge in [0.05, 0.1) is 0 Å². The second kappa shape index (κ2) is 10.3. The topological polar surface area (TPSA) is 40.5 Å². The summed E-state index contributed by atoms with van der Waals surface area (Å²) in [6.45, 7) is 3.13. The van der Waals surface area contributed by atoms with Gasteiger partial charge >= 0.3 is 5.97 Å². The normalized spacial score (nSPS) is 10.4. The summed E-state index contributed by atoms with van der Waals surface area (Å²) in [4.78, 5) is 12.9. The van der Waals surface area contributed by atoms with E-state index in [0.29, 0.717) is 0 Å². The van der Waals surface area contributed by atoms with Gasteiger partial charge in [-0.15, -0.1) is 0 Å². The molecule has 0 bridgehead atoms. The highest BCUT2D eigenvalue weighted by atomic mass is 16.4. The van der Waals surface area contributed by atoms with Gasteiger partial charge in [0.1, 0.15) is 6.54 Å². The zero-order valence-electron chi connectivity index (χ0n) is 12.6. The quantitative estimate of drug-likeness (QED) is 0.612. The van der Waals surface area contributed by atoms with Crippen LogP contribution in [0.5, 0.6) is 0 Å². The lowest BCUT2D eigenvalue weighted by Crippen LogP contribution is -2.30. The molecule has 0 amide bonds. The largest absolute Gasteiger partial charge is 0.480 e. The second-order valence-corrected chi connectivity index (χ2v) is 5.27. The van der Waals surface area contributed by atoms with Crippen molar-refractivity contribution in [2.24, 2.45) is 0 Å². The fourth-order valence-electron chi connectivity index (χ4n) is 2.36. The van der Waals surface area contributed by atoms with Crippen molar-refractivity contribution in [1.82, 2.24) is 0 Å². The van der Waals surface area contributed by atoms with Gasteiger partial charge in [-0.1, -0.05) is 63.6 Å². The van der Waals surface area contributed by atoms with Gasteiger partial charge in [-0.25, -0.2) is 0 Å². The van der Waals surface area contributed by atoms with Crippen LogP contribution in [0.4, 0.5) is 5.69 Å². The first-order valence-corrected chi connectivity index (χ1v) is 7.76. The first-order valence-electron chi connectivity index (χ1n) is 7.76. The lowest BCUT2D eigenvalue weighted by Gasteiger charge is -2.22. The third kappa shape index (κ3) is 7.17. The van der Waals surface area contributed by atoms with Gasteiger partial charge in [-0.3, -0.25) is 4.79 Å². The van der Waals surface area contributed by atoms with E-state index in [1.165, 1.54) is 38.5 Å². The molecular weight excluding hydrogens is 250 g/mol. The minimum absolute atomic E-state index is 0.0832. The maximum atomic E-state index is 10.9. The van der Waals surface area contributed by atoms with Gasteiger partial charge in [0.15, 0.2) is 0 Å². The van der Waals surface area contributed by atoms with Crippen molar-refractivity contribution in [2.75, 3.05) is 18.0 Å². The summed E-state index contributed by atoms with van der Waals surface area (Å²) in [5.74, 6) is -0.767. The molecule has 0 aliphatic rings. The monoisotopic (exact) mass is 277 g/mol. The standard InChI is InChI=1S/C17H27NO2/c1-2-3-4-5-6-7-11-14-18(15-17(19)20)16-12-9-8-10-13-16/h8-10,12-13H,2-7,11,14-15H2,1H3,(H,19,20). The lowest BCUT2D eigenvalue weighted by atomic mass is 10.1. The predicted molar refractivity (Wildman–Crippen MR) is 84.3 cm³/mol. The molecule has 1 N–H and O–H groups in total. The molecule has 3 heteroatoms. The molecule has 0 aliphatic carbocycles. The van der Waals surface area contributed by atoms with E-state index >= 15 is 0 Å². The SMILES string of the molecule is CCCCCCCCCN(CC(=O)O)c1ccccc1. The van der Waals surface area contributed by atoms with Crippen molar-refractivity contribution < 1.29 is 9.90 Å². The third-order valence-corrected chi connectivity index (χ3v) is 3.48. The molecule has 1 aromatic carbocycles. The summed E-state index contributed by atoms with van der Waals surface area (Å²) in [7, 11) is 0. The number of rotatable bonds is 11. The summed E-state index contributed by atoms with van der Waals surface area (Å²) in [6.07, 6.45) is 8.75. The number of carboxylic acid groups (broad SMARTS) is 1. The van der Waals surface area contributed by atoms with Crippen LogP contribution in [0, 0.1) is 0 Å². The Labute approximate surface area is 122 Å². The number of hydrogen-bond donors (Lipinski definition) is 1. The van der Waals surface area contributed by atoms with Gasteiger partial charge < -0.3 is 10.0 Å². The van der Waals surface area contributed by atoms with Crippen LogP contribution in [0.15, 0.2) is 30.3 Å². The second-order valence-electron chi connectivity index (χ2n) is 5.27. The minimum Gasteiger partial charge on any atom is -0.480 e. The zero-order chi connectivity index (χ0) is 14.6. The molecule has 0 aromatic heterocycles. The van der Waals surface area contributed by atoms with E-state index in [0.717, 1.165) is 18.7 Å². The van der Waals surface area contributed by atoms with Gasteiger partial charge in [-0.2, -0.15) is 0 Å². The Hall–Kier alpha value is -1.51. The molecule has 0 aliphatic heterocycles. The van der Waals surface area contributed by atoms with E-state index in [9.17, 15) is 4.79 Å². The average Bonchev–Trinajstić information content (AvgIpc) is 2.45. The number of nitrogens with zero attached hydrogens (tertiary/aromatic N) is 1. The number of aliphatic carboxylic acids is 1. The molecular formula is C17H27NO2. The lowest BCUT2D eigenvalue weighted by molar-refractivity contribution is -0.135. The summed E-state index contributed by atoms with van der Waals surface area (Å²) >= 11 is 0. The average molecular weight is 277 g/mol. The van der Waals surface area contributed by atoms with E-state index in [2.05, 4.69) is 6.92 Å².